The van der Waals surface area contributed by atoms with Crippen LogP contribution in [0, 0.1) is 5.41 Å². The van der Waals surface area contributed by atoms with Gasteiger partial charge in [-0.25, -0.2) is 0 Å². The molecule has 0 aliphatic rings. The largest absolute Gasteiger partial charge is 0.311 e. The smallest absolute Gasteiger partial charge is 0.0238 e. The molecule has 0 heterocycles. The Bertz CT molecular complexity index is 136. The Kier molecular flexibility index (Phi) is 6.80. The maximum absolute atomic E-state index is 5.83. The van der Waals surface area contributed by atoms with Crippen LogP contribution < -0.4 is 5.32 Å². The summed E-state index contributed by atoms with van der Waals surface area (Å²) in [4.78, 5) is 0. The maximum atomic E-state index is 5.83. The topological polar surface area (TPSA) is 12.0 Å². The predicted octanol–water partition coefficient (Wildman–Crippen LogP) is 3.81. The summed E-state index contributed by atoms with van der Waals surface area (Å²) < 4.78 is 0. The SMILES string of the molecule is CCC(CC)NC(CCCl)C(C)(C)C. The van der Waals surface area contributed by atoms with Gasteiger partial charge in [0.2, 0.25) is 0 Å². The lowest BCUT2D eigenvalue weighted by Crippen LogP contribution is -2.45. The molecule has 0 aromatic rings. The molecule has 14 heavy (non-hydrogen) atoms. The zero-order chi connectivity index (χ0) is 11.2. The van der Waals surface area contributed by atoms with Gasteiger partial charge in [-0.2, -0.15) is 0 Å². The van der Waals surface area contributed by atoms with Crippen molar-refractivity contribution >= 4 is 11.6 Å². The van der Waals surface area contributed by atoms with Gasteiger partial charge in [0, 0.05) is 18.0 Å². The minimum atomic E-state index is 0.303. The van der Waals surface area contributed by atoms with Gasteiger partial charge < -0.3 is 5.32 Å². The second kappa shape index (κ2) is 6.68. The highest BCUT2D eigenvalue weighted by Gasteiger charge is 2.25. The lowest BCUT2D eigenvalue weighted by atomic mass is 9.84. The first-order valence-electron chi connectivity index (χ1n) is 5.77. The Morgan fingerprint density at radius 2 is 1.64 bits per heavy atom. The minimum absolute atomic E-state index is 0.303. The molecule has 0 aliphatic carbocycles. The zero-order valence-corrected chi connectivity index (χ0v) is 11.1. The van der Waals surface area contributed by atoms with Crippen LogP contribution in [0.5, 0.6) is 0 Å². The molecule has 0 saturated heterocycles. The van der Waals surface area contributed by atoms with E-state index in [2.05, 4.69) is 39.9 Å². The first kappa shape index (κ1) is 14.2. The number of halogens is 1. The lowest BCUT2D eigenvalue weighted by molar-refractivity contribution is 0.235. The van der Waals surface area contributed by atoms with E-state index in [1.54, 1.807) is 0 Å². The molecule has 0 saturated carbocycles. The van der Waals surface area contributed by atoms with Crippen LogP contribution in [0.4, 0.5) is 0 Å². The molecule has 0 aliphatic heterocycles. The van der Waals surface area contributed by atoms with Crippen molar-refractivity contribution in [1.82, 2.24) is 5.32 Å². The van der Waals surface area contributed by atoms with Crippen molar-refractivity contribution in [2.75, 3.05) is 5.88 Å². The van der Waals surface area contributed by atoms with E-state index >= 15 is 0 Å². The van der Waals surface area contributed by atoms with Gasteiger partial charge in [-0.15, -0.1) is 11.6 Å². The van der Waals surface area contributed by atoms with Crippen molar-refractivity contribution in [2.24, 2.45) is 5.41 Å². The molecular formula is C12H26ClN. The van der Waals surface area contributed by atoms with Gasteiger partial charge >= 0.3 is 0 Å². The minimum Gasteiger partial charge on any atom is -0.311 e. The molecule has 1 unspecified atom stereocenters. The summed E-state index contributed by atoms with van der Waals surface area (Å²) >= 11 is 5.83. The van der Waals surface area contributed by atoms with Crippen LogP contribution in [0.1, 0.15) is 53.9 Å². The summed E-state index contributed by atoms with van der Waals surface area (Å²) in [6.07, 6.45) is 3.46. The second-order valence-corrected chi connectivity index (χ2v) is 5.45. The van der Waals surface area contributed by atoms with Crippen LogP contribution in [0.3, 0.4) is 0 Å². The molecule has 0 aromatic carbocycles. The molecular weight excluding hydrogens is 194 g/mol. The molecule has 0 radical (unpaired) electrons. The Balaban J connectivity index is 4.21. The molecule has 2 heteroatoms. The lowest BCUT2D eigenvalue weighted by Gasteiger charge is -2.34. The van der Waals surface area contributed by atoms with Gasteiger partial charge in [0.05, 0.1) is 0 Å². The molecule has 0 bridgehead atoms. The van der Waals surface area contributed by atoms with E-state index in [1.807, 2.05) is 0 Å². The molecule has 0 amide bonds. The summed E-state index contributed by atoms with van der Waals surface area (Å²) in [5.41, 5.74) is 0.303. The van der Waals surface area contributed by atoms with E-state index in [1.165, 1.54) is 12.8 Å². The Hall–Kier alpha value is 0.250. The molecule has 0 rings (SSSR count). The van der Waals surface area contributed by atoms with Crippen molar-refractivity contribution in [3.8, 4) is 0 Å². The van der Waals surface area contributed by atoms with Gasteiger partial charge in [-0.1, -0.05) is 34.6 Å². The zero-order valence-electron chi connectivity index (χ0n) is 10.4. The Labute approximate surface area is 94.6 Å². The molecule has 0 fully saturated rings. The van der Waals surface area contributed by atoms with Crippen LogP contribution in [0.15, 0.2) is 0 Å². The summed E-state index contributed by atoms with van der Waals surface area (Å²) in [5, 5.41) is 3.71. The highest BCUT2D eigenvalue weighted by Crippen LogP contribution is 2.23. The van der Waals surface area contributed by atoms with E-state index in [9.17, 15) is 0 Å². The van der Waals surface area contributed by atoms with Gasteiger partial charge in [0.15, 0.2) is 0 Å². The van der Waals surface area contributed by atoms with Crippen molar-refractivity contribution < 1.29 is 0 Å². The third-order valence-corrected chi connectivity index (χ3v) is 3.08. The highest BCUT2D eigenvalue weighted by molar-refractivity contribution is 6.17. The van der Waals surface area contributed by atoms with E-state index in [4.69, 9.17) is 11.6 Å². The second-order valence-electron chi connectivity index (χ2n) is 5.08. The number of hydrogen-bond acceptors (Lipinski definition) is 1. The van der Waals surface area contributed by atoms with Crippen LogP contribution in [0.25, 0.3) is 0 Å². The van der Waals surface area contributed by atoms with Crippen molar-refractivity contribution in [2.45, 2.75) is 66.0 Å². The Morgan fingerprint density at radius 1 is 1.14 bits per heavy atom. The average Bonchev–Trinajstić information content (AvgIpc) is 2.10. The van der Waals surface area contributed by atoms with Crippen LogP contribution >= 0.6 is 11.6 Å². The van der Waals surface area contributed by atoms with Crippen molar-refractivity contribution in [1.29, 1.82) is 0 Å². The number of alkyl halides is 1. The molecule has 1 nitrogen and oxygen atoms in total. The van der Waals surface area contributed by atoms with Gasteiger partial charge in [-0.3, -0.25) is 0 Å². The number of nitrogens with one attached hydrogen (secondary N) is 1. The standard InChI is InChI=1S/C12H26ClN/c1-6-10(7-2)14-11(8-9-13)12(3,4)5/h10-11,14H,6-9H2,1-5H3. The molecule has 0 spiro atoms. The monoisotopic (exact) mass is 219 g/mol. The fourth-order valence-electron chi connectivity index (χ4n) is 1.68. The average molecular weight is 220 g/mol. The van der Waals surface area contributed by atoms with E-state index < -0.39 is 0 Å². The summed E-state index contributed by atoms with van der Waals surface area (Å²) in [6.45, 7) is 11.3. The van der Waals surface area contributed by atoms with Gasteiger partial charge in [0.1, 0.15) is 0 Å². The van der Waals surface area contributed by atoms with E-state index in [0.717, 1.165) is 12.3 Å². The van der Waals surface area contributed by atoms with Crippen LogP contribution in [-0.2, 0) is 0 Å². The predicted molar refractivity (Wildman–Crippen MR) is 66.1 cm³/mol. The Morgan fingerprint density at radius 3 is 1.93 bits per heavy atom. The first-order chi connectivity index (χ1) is 6.45. The van der Waals surface area contributed by atoms with E-state index in [-0.39, 0.29) is 0 Å². The number of hydrogen-bond donors (Lipinski definition) is 1. The van der Waals surface area contributed by atoms with Gasteiger partial charge in [0.25, 0.3) is 0 Å². The van der Waals surface area contributed by atoms with Crippen molar-refractivity contribution in [3.63, 3.8) is 0 Å². The maximum Gasteiger partial charge on any atom is 0.0238 e. The van der Waals surface area contributed by atoms with E-state index in [0.29, 0.717) is 17.5 Å². The highest BCUT2D eigenvalue weighted by atomic mass is 35.5. The fraction of sp³-hybridized carbons (Fsp3) is 1.00. The number of rotatable bonds is 6. The third kappa shape index (κ3) is 5.21. The fourth-order valence-corrected chi connectivity index (χ4v) is 1.90. The van der Waals surface area contributed by atoms with Crippen molar-refractivity contribution in [3.05, 3.63) is 0 Å². The molecule has 1 N–H and O–H groups in total. The molecule has 1 atom stereocenters. The summed E-state index contributed by atoms with van der Waals surface area (Å²) in [5.74, 6) is 0.745. The van der Waals surface area contributed by atoms with Crippen LogP contribution in [0.2, 0.25) is 0 Å². The third-order valence-electron chi connectivity index (χ3n) is 2.87. The summed E-state index contributed by atoms with van der Waals surface area (Å²) in [6, 6.07) is 1.17. The van der Waals surface area contributed by atoms with Gasteiger partial charge in [-0.05, 0) is 24.7 Å². The normalized spacial score (nSPS) is 14.8. The summed E-state index contributed by atoms with van der Waals surface area (Å²) in [7, 11) is 0. The quantitative estimate of drug-likeness (QED) is 0.670. The van der Waals surface area contributed by atoms with Crippen LogP contribution in [-0.4, -0.2) is 18.0 Å². The first-order valence-corrected chi connectivity index (χ1v) is 6.31. The molecule has 0 aromatic heterocycles. The molecule has 86 valence electrons.